The van der Waals surface area contributed by atoms with Gasteiger partial charge in [-0.2, -0.15) is 8.78 Å². The molecule has 4 nitrogen and oxygen atoms in total. The molecule has 0 fully saturated rings. The number of benzene rings is 1. The van der Waals surface area contributed by atoms with E-state index in [1.807, 2.05) is 0 Å². The number of nitrogens with zero attached hydrogens (tertiary/aromatic N) is 3. The molecule has 0 aliphatic rings. The van der Waals surface area contributed by atoms with E-state index in [1.54, 1.807) is 12.1 Å². The Bertz CT molecular complexity index is 947. The van der Waals surface area contributed by atoms with Crippen LogP contribution in [0.4, 0.5) is 13.2 Å². The summed E-state index contributed by atoms with van der Waals surface area (Å²) in [5.41, 5.74) is -2.02. The summed E-state index contributed by atoms with van der Waals surface area (Å²) in [5, 5.41) is 11.9. The number of rotatable bonds is 3. The molecule has 24 heavy (non-hydrogen) atoms. The molecule has 0 unspecified atom stereocenters. The summed E-state index contributed by atoms with van der Waals surface area (Å²) in [6.07, 6.45) is 1.53. The number of pyridine rings is 2. The molecule has 0 aliphatic carbocycles. The zero-order chi connectivity index (χ0) is 17.3. The normalized spacial score (nSPS) is 12.6. The van der Waals surface area contributed by atoms with Crippen molar-refractivity contribution in [2.75, 3.05) is 0 Å². The minimum absolute atomic E-state index is 0.203. The second-order valence-corrected chi connectivity index (χ2v) is 5.29. The van der Waals surface area contributed by atoms with Gasteiger partial charge in [0.25, 0.3) is 0 Å². The van der Waals surface area contributed by atoms with E-state index >= 15 is 0 Å². The first-order chi connectivity index (χ1) is 11.4. The van der Waals surface area contributed by atoms with Crippen molar-refractivity contribution in [1.29, 1.82) is 0 Å². The SMILES string of the molecule is ON=C(c1nc(Cl)ccc1F)C(F)(F)c1ccc2ncccc2c1. The van der Waals surface area contributed by atoms with Crippen LogP contribution < -0.4 is 0 Å². The van der Waals surface area contributed by atoms with Crippen molar-refractivity contribution >= 4 is 28.2 Å². The van der Waals surface area contributed by atoms with Crippen molar-refractivity contribution in [3.8, 4) is 0 Å². The van der Waals surface area contributed by atoms with Gasteiger partial charge in [-0.15, -0.1) is 0 Å². The highest BCUT2D eigenvalue weighted by Crippen LogP contribution is 2.34. The minimum Gasteiger partial charge on any atom is -0.410 e. The van der Waals surface area contributed by atoms with Crippen LogP contribution in [0.25, 0.3) is 10.9 Å². The number of hydrogen-bond acceptors (Lipinski definition) is 4. The molecule has 8 heteroatoms. The molecule has 0 atom stereocenters. The smallest absolute Gasteiger partial charge is 0.320 e. The lowest BCUT2D eigenvalue weighted by Crippen LogP contribution is -2.29. The molecule has 0 aliphatic heterocycles. The van der Waals surface area contributed by atoms with Crippen LogP contribution in [0.5, 0.6) is 0 Å². The number of hydrogen-bond donors (Lipinski definition) is 1. The van der Waals surface area contributed by atoms with E-state index < -0.39 is 28.7 Å². The fourth-order valence-electron chi connectivity index (χ4n) is 2.25. The second-order valence-electron chi connectivity index (χ2n) is 4.90. The molecular weight excluding hydrogens is 343 g/mol. The van der Waals surface area contributed by atoms with Crippen LogP contribution in [0.2, 0.25) is 5.15 Å². The summed E-state index contributed by atoms with van der Waals surface area (Å²) in [7, 11) is 0. The Morgan fingerprint density at radius 2 is 1.96 bits per heavy atom. The van der Waals surface area contributed by atoms with Gasteiger partial charge in [0.15, 0.2) is 11.5 Å². The van der Waals surface area contributed by atoms with E-state index in [2.05, 4.69) is 15.1 Å². The first-order valence-electron chi connectivity index (χ1n) is 6.71. The van der Waals surface area contributed by atoms with Crippen molar-refractivity contribution in [3.05, 3.63) is 70.9 Å². The Hall–Kier alpha value is -2.67. The van der Waals surface area contributed by atoms with Gasteiger partial charge in [-0.25, -0.2) is 9.37 Å². The van der Waals surface area contributed by atoms with E-state index in [0.717, 1.165) is 18.2 Å². The zero-order valence-corrected chi connectivity index (χ0v) is 12.7. The van der Waals surface area contributed by atoms with Crippen molar-refractivity contribution in [2.45, 2.75) is 5.92 Å². The summed E-state index contributed by atoms with van der Waals surface area (Å²) in [6, 6.07) is 8.90. The number of halogens is 4. The van der Waals surface area contributed by atoms with Crippen LogP contribution in [-0.2, 0) is 5.92 Å². The van der Waals surface area contributed by atoms with Gasteiger partial charge in [0, 0.05) is 17.1 Å². The highest BCUT2D eigenvalue weighted by atomic mass is 35.5. The molecule has 3 rings (SSSR count). The van der Waals surface area contributed by atoms with E-state index in [-0.39, 0.29) is 5.15 Å². The highest BCUT2D eigenvalue weighted by Gasteiger charge is 2.42. The van der Waals surface area contributed by atoms with Crippen LogP contribution >= 0.6 is 11.6 Å². The van der Waals surface area contributed by atoms with E-state index in [0.29, 0.717) is 10.9 Å². The highest BCUT2D eigenvalue weighted by molar-refractivity contribution is 6.29. The van der Waals surface area contributed by atoms with Gasteiger partial charge in [-0.3, -0.25) is 4.98 Å². The molecular formula is C16H9ClF3N3O. The van der Waals surface area contributed by atoms with Crippen molar-refractivity contribution in [3.63, 3.8) is 0 Å². The molecule has 2 aromatic heterocycles. The predicted octanol–water partition coefficient (Wildman–Crippen LogP) is 4.39. The van der Waals surface area contributed by atoms with Gasteiger partial charge < -0.3 is 5.21 Å². The van der Waals surface area contributed by atoms with Crippen molar-refractivity contribution < 1.29 is 18.4 Å². The summed E-state index contributed by atoms with van der Waals surface area (Å²) in [6.45, 7) is 0. The van der Waals surface area contributed by atoms with Crippen LogP contribution in [-0.4, -0.2) is 20.9 Å². The maximum Gasteiger partial charge on any atom is 0.320 e. The van der Waals surface area contributed by atoms with Gasteiger partial charge in [0.1, 0.15) is 10.8 Å². The van der Waals surface area contributed by atoms with Crippen LogP contribution in [0.15, 0.2) is 53.8 Å². The predicted molar refractivity (Wildman–Crippen MR) is 83.2 cm³/mol. The first-order valence-corrected chi connectivity index (χ1v) is 7.09. The average molecular weight is 352 g/mol. The van der Waals surface area contributed by atoms with Crippen LogP contribution in [0, 0.1) is 5.82 Å². The standard InChI is InChI=1S/C16H9ClF3N3O/c17-13-6-4-11(18)14(22-13)15(23-24)16(19,20)10-3-5-12-9(8-10)2-1-7-21-12/h1-8,24H. The number of fused-ring (bicyclic) bond motifs is 1. The molecule has 0 saturated heterocycles. The Balaban J connectivity index is 2.14. The molecule has 2 heterocycles. The van der Waals surface area contributed by atoms with Crippen LogP contribution in [0.3, 0.4) is 0 Å². The first kappa shape index (κ1) is 16.2. The molecule has 122 valence electrons. The lowest BCUT2D eigenvalue weighted by atomic mass is 9.99. The molecule has 0 radical (unpaired) electrons. The van der Waals surface area contributed by atoms with Gasteiger partial charge in [0.05, 0.1) is 5.52 Å². The zero-order valence-electron chi connectivity index (χ0n) is 11.9. The Morgan fingerprint density at radius 1 is 1.17 bits per heavy atom. The summed E-state index contributed by atoms with van der Waals surface area (Å²) < 4.78 is 43.4. The molecule has 0 spiro atoms. The van der Waals surface area contributed by atoms with Crippen molar-refractivity contribution in [1.82, 2.24) is 9.97 Å². The summed E-state index contributed by atoms with van der Waals surface area (Å²) >= 11 is 5.62. The quantitative estimate of drug-likeness (QED) is 0.329. The second kappa shape index (κ2) is 6.09. The minimum atomic E-state index is -3.79. The third-order valence-corrected chi connectivity index (χ3v) is 3.61. The lowest BCUT2D eigenvalue weighted by Gasteiger charge is -2.18. The Morgan fingerprint density at radius 3 is 2.71 bits per heavy atom. The van der Waals surface area contributed by atoms with Gasteiger partial charge >= 0.3 is 5.92 Å². The number of alkyl halides is 2. The summed E-state index contributed by atoms with van der Waals surface area (Å²) in [4.78, 5) is 7.54. The third-order valence-electron chi connectivity index (χ3n) is 3.40. The largest absolute Gasteiger partial charge is 0.410 e. The van der Waals surface area contributed by atoms with Gasteiger partial charge in [-0.1, -0.05) is 28.9 Å². The Labute approximate surface area is 139 Å². The van der Waals surface area contributed by atoms with E-state index in [1.165, 1.54) is 18.3 Å². The van der Waals surface area contributed by atoms with Crippen molar-refractivity contribution in [2.24, 2.45) is 5.16 Å². The topological polar surface area (TPSA) is 58.4 Å². The molecule has 0 amide bonds. The van der Waals surface area contributed by atoms with Crippen LogP contribution in [0.1, 0.15) is 11.3 Å². The van der Waals surface area contributed by atoms with E-state index in [4.69, 9.17) is 16.8 Å². The average Bonchev–Trinajstić information content (AvgIpc) is 2.58. The molecule has 1 aromatic carbocycles. The third kappa shape index (κ3) is 2.78. The Kier molecular flexibility index (Phi) is 4.11. The van der Waals surface area contributed by atoms with E-state index in [9.17, 15) is 13.2 Å². The van der Waals surface area contributed by atoms with Gasteiger partial charge in [0.2, 0.25) is 0 Å². The number of aromatic nitrogens is 2. The fourth-order valence-corrected chi connectivity index (χ4v) is 2.40. The molecule has 0 bridgehead atoms. The summed E-state index contributed by atoms with van der Waals surface area (Å²) in [5.74, 6) is -4.87. The number of oxime groups is 1. The molecule has 1 N–H and O–H groups in total. The molecule has 3 aromatic rings. The van der Waals surface area contributed by atoms with Gasteiger partial charge in [-0.05, 0) is 30.3 Å². The monoisotopic (exact) mass is 351 g/mol. The maximum atomic E-state index is 14.8. The lowest BCUT2D eigenvalue weighted by molar-refractivity contribution is 0.0719. The maximum absolute atomic E-state index is 14.8. The molecule has 0 saturated carbocycles. The fraction of sp³-hybridized carbons (Fsp3) is 0.0625.